The van der Waals surface area contributed by atoms with Gasteiger partial charge >= 0.3 is 0 Å². The Balaban J connectivity index is 1.49. The van der Waals surface area contributed by atoms with Gasteiger partial charge in [-0.15, -0.1) is 5.10 Å². The largest absolute Gasteiger partial charge is 0.479 e. The van der Waals surface area contributed by atoms with Crippen molar-refractivity contribution in [1.29, 1.82) is 0 Å². The fourth-order valence-electron chi connectivity index (χ4n) is 4.73. The van der Waals surface area contributed by atoms with Crippen LogP contribution < -0.4 is 10.1 Å². The molecule has 198 valence electrons. The van der Waals surface area contributed by atoms with Crippen LogP contribution in [0.25, 0.3) is 27.7 Å². The molecule has 1 saturated heterocycles. The van der Waals surface area contributed by atoms with Gasteiger partial charge < -0.3 is 14.6 Å². The van der Waals surface area contributed by atoms with Crippen molar-refractivity contribution >= 4 is 32.5 Å². The Morgan fingerprint density at radius 3 is 2.70 bits per heavy atom. The highest BCUT2D eigenvalue weighted by Gasteiger charge is 2.47. The summed E-state index contributed by atoms with van der Waals surface area (Å²) in [4.78, 5) is 8.80. The summed E-state index contributed by atoms with van der Waals surface area (Å²) in [5.41, 5.74) is 3.60. The second-order valence-corrected chi connectivity index (χ2v) is 11.0. The Kier molecular flexibility index (Phi) is 6.26. The molecule has 1 atom stereocenters. The third-order valence-electron chi connectivity index (χ3n) is 6.57. The van der Waals surface area contributed by atoms with Gasteiger partial charge in [-0.25, -0.2) is 31.1 Å². The molecule has 14 heteroatoms. The molecule has 4 heterocycles. The predicted molar refractivity (Wildman–Crippen MR) is 132 cm³/mol. The maximum Gasteiger partial charge on any atom is 0.281 e. The standard InChI is InChI=1S/C23H26F3N7O3S/c1-14-27-17-5-4-15(12-18(17)32(14)11-8-24)16-6-10-33-20(16)21(36-2)29-22(30-33)28-19-7-9-31(37(3,34)35)13-23(19,25)26/h4-6,10,12,19H,7-9,11,13H2,1-3H3,(H,28,30). The predicted octanol–water partition coefficient (Wildman–Crippen LogP) is 3.11. The number of methoxy groups -OCH3 is 1. The van der Waals surface area contributed by atoms with Gasteiger partial charge in [0, 0.05) is 18.3 Å². The van der Waals surface area contributed by atoms with Crippen molar-refractivity contribution in [3.8, 4) is 17.0 Å². The number of piperidine rings is 1. The lowest BCUT2D eigenvalue weighted by Crippen LogP contribution is -2.55. The van der Waals surface area contributed by atoms with Gasteiger partial charge in [-0.3, -0.25) is 0 Å². The van der Waals surface area contributed by atoms with Crippen LogP contribution in [0.5, 0.6) is 5.88 Å². The summed E-state index contributed by atoms with van der Waals surface area (Å²) in [6, 6.07) is 6.08. The highest BCUT2D eigenvalue weighted by molar-refractivity contribution is 7.88. The van der Waals surface area contributed by atoms with Crippen molar-refractivity contribution in [2.75, 3.05) is 38.4 Å². The van der Waals surface area contributed by atoms with Crippen LogP contribution in [0.3, 0.4) is 0 Å². The van der Waals surface area contributed by atoms with Crippen molar-refractivity contribution in [3.05, 3.63) is 36.3 Å². The van der Waals surface area contributed by atoms with E-state index in [2.05, 4.69) is 20.4 Å². The van der Waals surface area contributed by atoms with E-state index in [1.807, 2.05) is 29.7 Å². The Labute approximate surface area is 211 Å². The number of aryl methyl sites for hydroxylation is 2. The third-order valence-corrected chi connectivity index (χ3v) is 7.82. The van der Waals surface area contributed by atoms with Crippen LogP contribution in [0.1, 0.15) is 12.2 Å². The highest BCUT2D eigenvalue weighted by atomic mass is 32.2. The summed E-state index contributed by atoms with van der Waals surface area (Å²) in [7, 11) is -2.31. The van der Waals surface area contributed by atoms with E-state index in [4.69, 9.17) is 4.74 Å². The van der Waals surface area contributed by atoms with E-state index in [0.717, 1.165) is 32.7 Å². The molecular formula is C23H26F3N7O3S. The first-order valence-electron chi connectivity index (χ1n) is 11.6. The molecule has 0 aliphatic carbocycles. The van der Waals surface area contributed by atoms with E-state index < -0.39 is 35.2 Å². The Bertz CT molecular complexity index is 1590. The van der Waals surface area contributed by atoms with Crippen LogP contribution in [0.15, 0.2) is 30.5 Å². The number of anilines is 1. The molecule has 0 bridgehead atoms. The molecule has 1 unspecified atom stereocenters. The van der Waals surface area contributed by atoms with Gasteiger partial charge in [-0.2, -0.15) is 9.29 Å². The van der Waals surface area contributed by atoms with E-state index in [0.29, 0.717) is 11.3 Å². The van der Waals surface area contributed by atoms with Crippen LogP contribution in [0, 0.1) is 6.92 Å². The van der Waals surface area contributed by atoms with Crippen molar-refractivity contribution in [1.82, 2.24) is 28.5 Å². The molecule has 4 aromatic rings. The molecule has 1 fully saturated rings. The number of sulfonamides is 1. The van der Waals surface area contributed by atoms with Crippen LogP contribution in [-0.2, 0) is 16.6 Å². The summed E-state index contributed by atoms with van der Waals surface area (Å²) in [6.07, 6.45) is 2.46. The van der Waals surface area contributed by atoms with Crippen LogP contribution in [-0.4, -0.2) is 82.0 Å². The van der Waals surface area contributed by atoms with Gasteiger partial charge in [-0.05, 0) is 37.1 Å². The van der Waals surface area contributed by atoms with E-state index in [-0.39, 0.29) is 31.3 Å². The number of ether oxygens (including phenoxy) is 1. The SMILES string of the molecule is COc1nc(NC2CCN(S(C)(=O)=O)CC2(F)F)nn2ccc(-c3ccc4nc(C)n(CCF)c4c3)c12. The Morgan fingerprint density at radius 1 is 1.24 bits per heavy atom. The quantitative estimate of drug-likeness (QED) is 0.386. The number of halogens is 3. The molecule has 10 nitrogen and oxygen atoms in total. The van der Waals surface area contributed by atoms with Gasteiger partial charge in [0.2, 0.25) is 21.9 Å². The number of nitrogens with one attached hydrogen (secondary N) is 1. The number of rotatable bonds is 7. The van der Waals surface area contributed by atoms with Crippen molar-refractivity contribution in [2.45, 2.75) is 31.9 Å². The van der Waals surface area contributed by atoms with Gasteiger partial charge in [0.05, 0.1) is 43.5 Å². The zero-order valence-electron chi connectivity index (χ0n) is 20.4. The third kappa shape index (κ3) is 4.59. The lowest BCUT2D eigenvalue weighted by Gasteiger charge is -2.37. The normalized spacial score (nSPS) is 18.5. The topological polar surface area (TPSA) is 107 Å². The number of imidazole rings is 1. The molecule has 1 aliphatic rings. The molecule has 0 amide bonds. The van der Waals surface area contributed by atoms with Crippen LogP contribution in [0.4, 0.5) is 19.1 Å². The molecule has 0 radical (unpaired) electrons. The first-order valence-corrected chi connectivity index (χ1v) is 13.4. The Hall–Kier alpha value is -3.39. The first kappa shape index (κ1) is 25.3. The number of alkyl halides is 3. The first-order chi connectivity index (χ1) is 17.5. The maximum atomic E-state index is 14.8. The summed E-state index contributed by atoms with van der Waals surface area (Å²) in [6.45, 7) is 0.535. The average molecular weight is 538 g/mol. The summed E-state index contributed by atoms with van der Waals surface area (Å²) < 4.78 is 75.7. The van der Waals surface area contributed by atoms with Crippen LogP contribution in [0.2, 0.25) is 0 Å². The molecule has 5 rings (SSSR count). The minimum absolute atomic E-state index is 0.0416. The van der Waals surface area contributed by atoms with E-state index >= 15 is 0 Å². The van der Waals surface area contributed by atoms with Gasteiger partial charge in [0.25, 0.3) is 5.92 Å². The molecule has 1 N–H and O–H groups in total. The number of benzene rings is 1. The number of fused-ring (bicyclic) bond motifs is 2. The zero-order chi connectivity index (χ0) is 26.5. The summed E-state index contributed by atoms with van der Waals surface area (Å²) in [5.74, 6) is -2.52. The highest BCUT2D eigenvalue weighted by Crippen LogP contribution is 2.35. The monoisotopic (exact) mass is 537 g/mol. The zero-order valence-corrected chi connectivity index (χ0v) is 21.3. The average Bonchev–Trinajstić information content (AvgIpc) is 3.39. The van der Waals surface area contributed by atoms with Crippen molar-refractivity contribution < 1.29 is 26.3 Å². The second kappa shape index (κ2) is 9.17. The molecule has 0 spiro atoms. The lowest BCUT2D eigenvalue weighted by atomic mass is 10.0. The van der Waals surface area contributed by atoms with E-state index in [1.165, 1.54) is 11.6 Å². The van der Waals surface area contributed by atoms with E-state index in [9.17, 15) is 21.6 Å². The molecule has 1 aromatic carbocycles. The Morgan fingerprint density at radius 2 is 2.03 bits per heavy atom. The summed E-state index contributed by atoms with van der Waals surface area (Å²) in [5, 5.41) is 7.02. The molecule has 3 aromatic heterocycles. The minimum atomic E-state index is -3.73. The van der Waals surface area contributed by atoms with Crippen LogP contribution >= 0.6 is 0 Å². The molecule has 37 heavy (non-hydrogen) atoms. The fraction of sp³-hybridized carbons (Fsp3) is 0.435. The van der Waals surface area contributed by atoms with Gasteiger partial charge in [0.15, 0.2) is 0 Å². The number of hydrogen-bond acceptors (Lipinski definition) is 7. The van der Waals surface area contributed by atoms with Gasteiger partial charge in [-0.1, -0.05) is 6.07 Å². The fourth-order valence-corrected chi connectivity index (χ4v) is 5.57. The smallest absolute Gasteiger partial charge is 0.281 e. The van der Waals surface area contributed by atoms with Crippen molar-refractivity contribution in [3.63, 3.8) is 0 Å². The van der Waals surface area contributed by atoms with E-state index in [1.54, 1.807) is 12.3 Å². The van der Waals surface area contributed by atoms with Crippen molar-refractivity contribution in [2.24, 2.45) is 0 Å². The number of aromatic nitrogens is 5. The summed E-state index contributed by atoms with van der Waals surface area (Å²) >= 11 is 0. The maximum absolute atomic E-state index is 14.8. The minimum Gasteiger partial charge on any atom is -0.479 e. The van der Waals surface area contributed by atoms with Gasteiger partial charge in [0.1, 0.15) is 18.0 Å². The second-order valence-electron chi connectivity index (χ2n) is 9.01. The number of hydrogen-bond donors (Lipinski definition) is 1. The lowest BCUT2D eigenvalue weighted by molar-refractivity contribution is -0.0541. The molecule has 1 aliphatic heterocycles. The molecule has 0 saturated carbocycles. The molecular weight excluding hydrogens is 511 g/mol. The number of nitrogens with zero attached hydrogens (tertiary/aromatic N) is 6.